The smallest absolute Gasteiger partial charge is 0.0929 e. The van der Waals surface area contributed by atoms with E-state index in [9.17, 15) is 0 Å². The Morgan fingerprint density at radius 1 is 1.29 bits per heavy atom. The van der Waals surface area contributed by atoms with Crippen LogP contribution in [0.2, 0.25) is 0 Å². The van der Waals surface area contributed by atoms with Crippen molar-refractivity contribution in [2.45, 2.75) is 31.4 Å². The summed E-state index contributed by atoms with van der Waals surface area (Å²) in [5.74, 6) is 0. The Morgan fingerprint density at radius 3 is 2.21 bits per heavy atom. The molecule has 1 fully saturated rings. The lowest BCUT2D eigenvalue weighted by atomic mass is 10.0. The summed E-state index contributed by atoms with van der Waals surface area (Å²) in [4.78, 5) is 0. The van der Waals surface area contributed by atoms with Crippen LogP contribution in [0.5, 0.6) is 0 Å². The predicted octanol–water partition coefficient (Wildman–Crippen LogP) is 2.34. The maximum absolute atomic E-state index is 5.79. The second-order valence-electron chi connectivity index (χ2n) is 4.11. The van der Waals surface area contributed by atoms with Gasteiger partial charge in [0.15, 0.2) is 0 Å². The lowest BCUT2D eigenvalue weighted by Gasteiger charge is -2.14. The zero-order valence-corrected chi connectivity index (χ0v) is 8.79. The second kappa shape index (κ2) is 3.37. The topological polar surface area (TPSA) is 35.2 Å². The normalized spacial score (nSPS) is 20.5. The fourth-order valence-corrected chi connectivity index (χ4v) is 1.81. The van der Waals surface area contributed by atoms with E-state index in [1.807, 2.05) is 6.92 Å². The van der Waals surface area contributed by atoms with Crippen molar-refractivity contribution in [3.05, 3.63) is 35.4 Å². The van der Waals surface area contributed by atoms with Crippen LogP contribution in [0, 0.1) is 0 Å². The third-order valence-corrected chi connectivity index (χ3v) is 3.06. The van der Waals surface area contributed by atoms with Gasteiger partial charge in [0.2, 0.25) is 0 Å². The van der Waals surface area contributed by atoms with Crippen LogP contribution in [0.3, 0.4) is 0 Å². The van der Waals surface area contributed by atoms with E-state index in [-0.39, 0.29) is 11.6 Å². The molecule has 1 aliphatic carbocycles. The van der Waals surface area contributed by atoms with Gasteiger partial charge in [0.1, 0.15) is 0 Å². The van der Waals surface area contributed by atoms with Gasteiger partial charge in [-0.05, 0) is 30.9 Å². The number of benzene rings is 1. The molecule has 0 aliphatic heterocycles. The minimum absolute atomic E-state index is 0.0242. The number of methoxy groups -OCH3 is 1. The van der Waals surface area contributed by atoms with Crippen LogP contribution in [0.1, 0.15) is 36.9 Å². The van der Waals surface area contributed by atoms with E-state index in [1.165, 1.54) is 11.1 Å². The summed E-state index contributed by atoms with van der Waals surface area (Å²) in [6, 6.07) is 8.57. The molecule has 1 atom stereocenters. The van der Waals surface area contributed by atoms with Crippen molar-refractivity contribution >= 4 is 0 Å². The molecular formula is C12H17NO. The molecule has 0 spiro atoms. The van der Waals surface area contributed by atoms with Crippen molar-refractivity contribution in [2.24, 2.45) is 5.73 Å². The van der Waals surface area contributed by atoms with Crippen molar-refractivity contribution in [1.82, 2.24) is 0 Å². The van der Waals surface area contributed by atoms with Crippen LogP contribution in [0.25, 0.3) is 0 Å². The summed E-state index contributed by atoms with van der Waals surface area (Å²) in [6.45, 7) is 2.00. The number of ether oxygens (including phenoxy) is 1. The molecule has 1 aliphatic rings. The highest BCUT2D eigenvalue weighted by Gasteiger charge is 2.44. The van der Waals surface area contributed by atoms with Gasteiger partial charge in [0.25, 0.3) is 0 Å². The lowest BCUT2D eigenvalue weighted by molar-refractivity contribution is 0.0789. The molecule has 14 heavy (non-hydrogen) atoms. The van der Waals surface area contributed by atoms with Crippen LogP contribution in [0.4, 0.5) is 0 Å². The zero-order chi connectivity index (χ0) is 10.2. The molecule has 0 radical (unpaired) electrons. The number of hydrogen-bond donors (Lipinski definition) is 1. The van der Waals surface area contributed by atoms with Gasteiger partial charge in [0.05, 0.1) is 5.60 Å². The average molecular weight is 191 g/mol. The van der Waals surface area contributed by atoms with E-state index in [0.29, 0.717) is 0 Å². The largest absolute Gasteiger partial charge is 0.374 e. The highest BCUT2D eigenvalue weighted by Crippen LogP contribution is 2.48. The van der Waals surface area contributed by atoms with Crippen LogP contribution >= 0.6 is 0 Å². The van der Waals surface area contributed by atoms with Crippen LogP contribution < -0.4 is 5.73 Å². The van der Waals surface area contributed by atoms with Crippen molar-refractivity contribution in [2.75, 3.05) is 7.11 Å². The summed E-state index contributed by atoms with van der Waals surface area (Å²) >= 11 is 0. The van der Waals surface area contributed by atoms with Crippen LogP contribution in [0.15, 0.2) is 24.3 Å². The Morgan fingerprint density at radius 2 is 1.86 bits per heavy atom. The van der Waals surface area contributed by atoms with Crippen molar-refractivity contribution in [1.29, 1.82) is 0 Å². The molecule has 0 aromatic heterocycles. The first-order valence-electron chi connectivity index (χ1n) is 5.09. The zero-order valence-electron chi connectivity index (χ0n) is 8.79. The average Bonchev–Trinajstić information content (AvgIpc) is 2.99. The number of hydrogen-bond acceptors (Lipinski definition) is 2. The van der Waals surface area contributed by atoms with Gasteiger partial charge in [-0.1, -0.05) is 24.3 Å². The van der Waals surface area contributed by atoms with Gasteiger partial charge in [0, 0.05) is 13.2 Å². The molecule has 0 saturated heterocycles. The standard InChI is InChI=1S/C12H17NO/c1-9(13)10-3-5-11(6-4-10)12(14-2)7-8-12/h3-6,9H,7-8,13H2,1-2H3. The molecule has 0 amide bonds. The Labute approximate surface area is 85.1 Å². The Bertz CT molecular complexity index is 312. The molecule has 76 valence electrons. The second-order valence-corrected chi connectivity index (χ2v) is 4.11. The molecule has 2 rings (SSSR count). The minimum Gasteiger partial charge on any atom is -0.374 e. The summed E-state index contributed by atoms with van der Waals surface area (Å²) in [5, 5.41) is 0. The molecular weight excluding hydrogens is 174 g/mol. The first-order valence-corrected chi connectivity index (χ1v) is 5.09. The monoisotopic (exact) mass is 191 g/mol. The molecule has 0 heterocycles. The highest BCUT2D eigenvalue weighted by molar-refractivity contribution is 5.32. The van der Waals surface area contributed by atoms with E-state index in [1.54, 1.807) is 7.11 Å². The molecule has 2 nitrogen and oxygen atoms in total. The van der Waals surface area contributed by atoms with Gasteiger partial charge in [-0.25, -0.2) is 0 Å². The number of nitrogens with two attached hydrogens (primary N) is 1. The molecule has 2 N–H and O–H groups in total. The van der Waals surface area contributed by atoms with E-state index in [4.69, 9.17) is 10.5 Å². The minimum atomic E-state index is 0.0242. The van der Waals surface area contributed by atoms with Crippen LogP contribution in [-0.4, -0.2) is 7.11 Å². The Kier molecular flexibility index (Phi) is 2.33. The molecule has 2 heteroatoms. The van der Waals surface area contributed by atoms with Gasteiger partial charge >= 0.3 is 0 Å². The van der Waals surface area contributed by atoms with E-state index >= 15 is 0 Å². The maximum atomic E-state index is 5.79. The van der Waals surface area contributed by atoms with Gasteiger partial charge in [-0.15, -0.1) is 0 Å². The van der Waals surface area contributed by atoms with Gasteiger partial charge in [-0.2, -0.15) is 0 Å². The number of rotatable bonds is 3. The SMILES string of the molecule is COC1(c2ccc(C(C)N)cc2)CC1. The van der Waals surface area contributed by atoms with Gasteiger partial charge in [-0.3, -0.25) is 0 Å². The van der Waals surface area contributed by atoms with Crippen molar-refractivity contribution in [3.63, 3.8) is 0 Å². The Hall–Kier alpha value is -0.860. The fraction of sp³-hybridized carbons (Fsp3) is 0.500. The third-order valence-electron chi connectivity index (χ3n) is 3.06. The lowest BCUT2D eigenvalue weighted by Crippen LogP contribution is -2.10. The highest BCUT2D eigenvalue weighted by atomic mass is 16.5. The van der Waals surface area contributed by atoms with E-state index < -0.39 is 0 Å². The first kappa shape index (κ1) is 9.69. The maximum Gasteiger partial charge on any atom is 0.0929 e. The van der Waals surface area contributed by atoms with Gasteiger partial charge < -0.3 is 10.5 Å². The van der Waals surface area contributed by atoms with Crippen LogP contribution in [-0.2, 0) is 10.3 Å². The molecule has 1 aromatic rings. The first-order chi connectivity index (χ1) is 6.68. The summed E-state index contributed by atoms with van der Waals surface area (Å²) in [7, 11) is 1.78. The van der Waals surface area contributed by atoms with E-state index in [2.05, 4.69) is 24.3 Å². The fourth-order valence-electron chi connectivity index (χ4n) is 1.81. The molecule has 1 unspecified atom stereocenters. The van der Waals surface area contributed by atoms with Crippen molar-refractivity contribution < 1.29 is 4.74 Å². The quantitative estimate of drug-likeness (QED) is 0.796. The third kappa shape index (κ3) is 1.56. The predicted molar refractivity (Wildman–Crippen MR) is 57.0 cm³/mol. The summed E-state index contributed by atoms with van der Waals surface area (Å²) in [5.41, 5.74) is 8.28. The molecule has 0 bridgehead atoms. The summed E-state index contributed by atoms with van der Waals surface area (Å²) in [6.07, 6.45) is 2.28. The summed E-state index contributed by atoms with van der Waals surface area (Å²) < 4.78 is 5.50. The van der Waals surface area contributed by atoms with E-state index in [0.717, 1.165) is 12.8 Å². The van der Waals surface area contributed by atoms with Crippen molar-refractivity contribution in [3.8, 4) is 0 Å². The molecule has 1 saturated carbocycles. The molecule has 1 aromatic carbocycles. The Balaban J connectivity index is 2.22.